The summed E-state index contributed by atoms with van der Waals surface area (Å²) >= 11 is 0. The van der Waals surface area contributed by atoms with E-state index in [-0.39, 0.29) is 10.8 Å². The van der Waals surface area contributed by atoms with Gasteiger partial charge in [-0.2, -0.15) is 4.31 Å². The molecule has 0 bridgehead atoms. The number of sulfonamides is 1. The molecule has 0 spiro atoms. The SMILES string of the molecule is CCN(CC)S(=O)(=O)c1ccc(C)c(C(=O)N2CCC2)c1. The molecule has 6 heteroatoms. The van der Waals surface area contributed by atoms with Gasteiger partial charge in [-0.1, -0.05) is 19.9 Å². The predicted molar refractivity (Wildman–Crippen MR) is 81.8 cm³/mol. The summed E-state index contributed by atoms with van der Waals surface area (Å²) in [5, 5.41) is 0. The highest BCUT2D eigenvalue weighted by molar-refractivity contribution is 7.89. The predicted octanol–water partition coefficient (Wildman–Crippen LogP) is 1.87. The van der Waals surface area contributed by atoms with Gasteiger partial charge in [-0.05, 0) is 31.0 Å². The number of hydrogen-bond acceptors (Lipinski definition) is 3. The summed E-state index contributed by atoms with van der Waals surface area (Å²) in [4.78, 5) is 14.3. The summed E-state index contributed by atoms with van der Waals surface area (Å²) in [7, 11) is -3.53. The maximum absolute atomic E-state index is 12.5. The smallest absolute Gasteiger partial charge is 0.254 e. The number of amides is 1. The maximum Gasteiger partial charge on any atom is 0.254 e. The third-order valence-electron chi connectivity index (χ3n) is 3.93. The molecule has 0 radical (unpaired) electrons. The molecule has 1 fully saturated rings. The summed E-state index contributed by atoms with van der Waals surface area (Å²) < 4.78 is 26.5. The average Bonchev–Trinajstić information content (AvgIpc) is 2.37. The van der Waals surface area contributed by atoms with Crippen LogP contribution in [0, 0.1) is 6.92 Å². The standard InChI is InChI=1S/C15H22N2O3S/c1-4-17(5-2)21(19,20)13-8-7-12(3)14(11-13)15(18)16-9-6-10-16/h7-8,11H,4-6,9-10H2,1-3H3. The first kappa shape index (κ1) is 16.0. The van der Waals surface area contributed by atoms with Gasteiger partial charge in [0.2, 0.25) is 10.0 Å². The second kappa shape index (κ2) is 6.15. The van der Waals surface area contributed by atoms with E-state index in [0.717, 1.165) is 25.1 Å². The highest BCUT2D eigenvalue weighted by atomic mass is 32.2. The van der Waals surface area contributed by atoms with E-state index in [4.69, 9.17) is 0 Å². The Morgan fingerprint density at radius 3 is 2.33 bits per heavy atom. The lowest BCUT2D eigenvalue weighted by molar-refractivity contribution is 0.0651. The number of carbonyl (C=O) groups is 1. The Balaban J connectivity index is 2.40. The first-order valence-electron chi connectivity index (χ1n) is 7.31. The van der Waals surface area contributed by atoms with E-state index in [1.807, 2.05) is 6.92 Å². The van der Waals surface area contributed by atoms with Gasteiger partial charge in [0.15, 0.2) is 0 Å². The summed E-state index contributed by atoms with van der Waals surface area (Å²) in [5.41, 5.74) is 1.30. The third kappa shape index (κ3) is 2.96. The lowest BCUT2D eigenvalue weighted by atomic mass is 10.1. The summed E-state index contributed by atoms with van der Waals surface area (Å²) in [5.74, 6) is -0.0738. The van der Waals surface area contributed by atoms with Crippen LogP contribution < -0.4 is 0 Å². The molecule has 116 valence electrons. The van der Waals surface area contributed by atoms with Crippen molar-refractivity contribution in [2.75, 3.05) is 26.2 Å². The molecular weight excluding hydrogens is 288 g/mol. The van der Waals surface area contributed by atoms with E-state index < -0.39 is 10.0 Å². The normalized spacial score (nSPS) is 15.1. The molecule has 0 aliphatic carbocycles. The van der Waals surface area contributed by atoms with Crippen molar-refractivity contribution >= 4 is 15.9 Å². The van der Waals surface area contributed by atoms with Gasteiger partial charge < -0.3 is 4.90 Å². The molecule has 1 aromatic rings. The molecule has 0 N–H and O–H groups in total. The molecule has 0 unspecified atom stereocenters. The van der Waals surface area contributed by atoms with E-state index in [0.29, 0.717) is 18.7 Å². The third-order valence-corrected chi connectivity index (χ3v) is 5.97. The number of benzene rings is 1. The Bertz CT molecular complexity index is 632. The minimum Gasteiger partial charge on any atom is -0.339 e. The van der Waals surface area contributed by atoms with E-state index in [1.165, 1.54) is 10.4 Å². The fraction of sp³-hybridized carbons (Fsp3) is 0.533. The van der Waals surface area contributed by atoms with Crippen molar-refractivity contribution < 1.29 is 13.2 Å². The highest BCUT2D eigenvalue weighted by Gasteiger charge is 2.26. The second-order valence-electron chi connectivity index (χ2n) is 5.21. The summed E-state index contributed by atoms with van der Waals surface area (Å²) in [6.07, 6.45) is 1.02. The Morgan fingerprint density at radius 2 is 1.86 bits per heavy atom. The molecule has 1 saturated heterocycles. The molecular formula is C15H22N2O3S. The number of nitrogens with zero attached hydrogens (tertiary/aromatic N) is 2. The Kier molecular flexibility index (Phi) is 4.68. The molecule has 2 rings (SSSR count). The molecule has 21 heavy (non-hydrogen) atoms. The molecule has 1 aromatic carbocycles. The molecule has 0 atom stereocenters. The number of rotatable bonds is 5. The largest absolute Gasteiger partial charge is 0.339 e. The number of carbonyl (C=O) groups excluding carboxylic acids is 1. The van der Waals surface area contributed by atoms with Gasteiger partial charge >= 0.3 is 0 Å². The minimum atomic E-state index is -3.53. The zero-order chi connectivity index (χ0) is 15.6. The first-order chi connectivity index (χ1) is 9.91. The molecule has 0 saturated carbocycles. The summed E-state index contributed by atoms with van der Waals surface area (Å²) in [6, 6.07) is 4.81. The van der Waals surface area contributed by atoms with E-state index in [9.17, 15) is 13.2 Å². The zero-order valence-corrected chi connectivity index (χ0v) is 13.6. The molecule has 1 aliphatic rings. The maximum atomic E-state index is 12.5. The fourth-order valence-electron chi connectivity index (χ4n) is 2.39. The molecule has 1 aliphatic heterocycles. The van der Waals surface area contributed by atoms with Gasteiger partial charge in [0.1, 0.15) is 0 Å². The Hall–Kier alpha value is -1.40. The van der Waals surface area contributed by atoms with Crippen molar-refractivity contribution in [2.24, 2.45) is 0 Å². The number of likely N-dealkylation sites (tertiary alicyclic amines) is 1. The topological polar surface area (TPSA) is 57.7 Å². The minimum absolute atomic E-state index is 0.0738. The van der Waals surface area contributed by atoms with Crippen LogP contribution in [-0.4, -0.2) is 49.7 Å². The molecule has 5 nitrogen and oxygen atoms in total. The zero-order valence-electron chi connectivity index (χ0n) is 12.8. The summed E-state index contributed by atoms with van der Waals surface area (Å²) in [6.45, 7) is 7.80. The van der Waals surface area contributed by atoms with E-state index >= 15 is 0 Å². The van der Waals surface area contributed by atoms with Gasteiger partial charge in [0, 0.05) is 31.7 Å². The van der Waals surface area contributed by atoms with Crippen molar-refractivity contribution in [3.8, 4) is 0 Å². The monoisotopic (exact) mass is 310 g/mol. The molecule has 0 aromatic heterocycles. The lowest BCUT2D eigenvalue weighted by Gasteiger charge is -2.31. The van der Waals surface area contributed by atoms with Crippen LogP contribution in [0.1, 0.15) is 36.2 Å². The van der Waals surface area contributed by atoms with Crippen LogP contribution in [0.5, 0.6) is 0 Å². The van der Waals surface area contributed by atoms with E-state index in [2.05, 4.69) is 0 Å². The second-order valence-corrected chi connectivity index (χ2v) is 7.15. The Morgan fingerprint density at radius 1 is 1.24 bits per heavy atom. The number of hydrogen-bond donors (Lipinski definition) is 0. The van der Waals surface area contributed by atoms with Crippen LogP contribution in [0.25, 0.3) is 0 Å². The first-order valence-corrected chi connectivity index (χ1v) is 8.75. The molecule has 1 amide bonds. The average molecular weight is 310 g/mol. The van der Waals surface area contributed by atoms with Crippen molar-refractivity contribution in [3.05, 3.63) is 29.3 Å². The van der Waals surface area contributed by atoms with Crippen LogP contribution in [0.4, 0.5) is 0 Å². The van der Waals surface area contributed by atoms with Crippen LogP contribution in [0.3, 0.4) is 0 Å². The lowest BCUT2D eigenvalue weighted by Crippen LogP contribution is -2.42. The van der Waals surface area contributed by atoms with Crippen LogP contribution in [-0.2, 0) is 10.0 Å². The Labute approximate surface area is 126 Å². The van der Waals surface area contributed by atoms with E-state index in [1.54, 1.807) is 30.9 Å². The van der Waals surface area contributed by atoms with Gasteiger partial charge in [-0.15, -0.1) is 0 Å². The van der Waals surface area contributed by atoms with Crippen molar-refractivity contribution in [1.29, 1.82) is 0 Å². The van der Waals surface area contributed by atoms with Gasteiger partial charge in [-0.25, -0.2) is 8.42 Å². The van der Waals surface area contributed by atoms with Crippen LogP contribution >= 0.6 is 0 Å². The van der Waals surface area contributed by atoms with Crippen LogP contribution in [0.2, 0.25) is 0 Å². The highest BCUT2D eigenvalue weighted by Crippen LogP contribution is 2.22. The van der Waals surface area contributed by atoms with Gasteiger partial charge in [-0.3, -0.25) is 4.79 Å². The fourth-order valence-corrected chi connectivity index (χ4v) is 3.88. The number of aryl methyl sites for hydroxylation is 1. The van der Waals surface area contributed by atoms with Gasteiger partial charge in [0.25, 0.3) is 5.91 Å². The van der Waals surface area contributed by atoms with Crippen LogP contribution in [0.15, 0.2) is 23.1 Å². The molecule has 1 heterocycles. The quantitative estimate of drug-likeness (QED) is 0.834. The van der Waals surface area contributed by atoms with Crippen molar-refractivity contribution in [1.82, 2.24) is 9.21 Å². The van der Waals surface area contributed by atoms with Crippen molar-refractivity contribution in [3.63, 3.8) is 0 Å². The van der Waals surface area contributed by atoms with Crippen molar-refractivity contribution in [2.45, 2.75) is 32.1 Å². The van der Waals surface area contributed by atoms with Gasteiger partial charge in [0.05, 0.1) is 4.90 Å².